The van der Waals surface area contributed by atoms with Gasteiger partial charge in [0.1, 0.15) is 0 Å². The number of unbranched alkanes of at least 4 members (excludes halogenated alkanes) is 5. The van der Waals surface area contributed by atoms with Gasteiger partial charge >= 0.3 is 0 Å². The van der Waals surface area contributed by atoms with Gasteiger partial charge in [-0.15, -0.1) is 0 Å². The molecule has 0 spiro atoms. The van der Waals surface area contributed by atoms with E-state index < -0.39 is 0 Å². The number of rotatable bonds is 10. The van der Waals surface area contributed by atoms with E-state index in [1.54, 1.807) is 0 Å². The summed E-state index contributed by atoms with van der Waals surface area (Å²) >= 11 is 7.02. The van der Waals surface area contributed by atoms with Gasteiger partial charge in [0.15, 0.2) is 0 Å². The van der Waals surface area contributed by atoms with Gasteiger partial charge in [-0.05, 0) is 30.8 Å². The van der Waals surface area contributed by atoms with Gasteiger partial charge in [0, 0.05) is 5.75 Å². The predicted octanol–water partition coefficient (Wildman–Crippen LogP) is 4.67. The molecule has 1 radical (unpaired) electrons. The first-order chi connectivity index (χ1) is 6.41. The van der Waals surface area contributed by atoms with Gasteiger partial charge in [-0.1, -0.05) is 45.2 Å². The van der Waals surface area contributed by atoms with E-state index in [0.717, 1.165) is 5.75 Å². The minimum absolute atomic E-state index is 0.948. The van der Waals surface area contributed by atoms with Gasteiger partial charge in [0.25, 0.3) is 0 Å². The van der Waals surface area contributed by atoms with Gasteiger partial charge in [0.2, 0.25) is 0 Å². The molecule has 0 bridgehead atoms. The number of hydrogen-bond donors (Lipinski definition) is 0. The van der Waals surface area contributed by atoms with E-state index >= 15 is 0 Å². The van der Waals surface area contributed by atoms with Crippen LogP contribution in [0.2, 0.25) is 0 Å². The maximum Gasteiger partial charge on any atom is 0.00369 e. The first-order valence-electron chi connectivity index (χ1n) is 5.57. The van der Waals surface area contributed by atoms with E-state index in [2.05, 4.69) is 18.7 Å². The Morgan fingerprint density at radius 1 is 0.846 bits per heavy atom. The van der Waals surface area contributed by atoms with Crippen molar-refractivity contribution in [3.8, 4) is 0 Å². The molecule has 0 saturated carbocycles. The Labute approximate surface area is 93.7 Å². The average molecular weight is 219 g/mol. The molecule has 13 heavy (non-hydrogen) atoms. The van der Waals surface area contributed by atoms with Crippen molar-refractivity contribution in [1.29, 1.82) is 0 Å². The van der Waals surface area contributed by atoms with E-state index in [1.165, 1.54) is 56.5 Å². The van der Waals surface area contributed by atoms with Crippen LogP contribution in [-0.4, -0.2) is 17.3 Å². The zero-order chi connectivity index (χ0) is 9.78. The fraction of sp³-hybridized carbons (Fsp3) is 1.00. The molecule has 0 aromatic rings. The molecule has 0 amide bonds. The normalized spacial score (nSPS) is 10.6. The third-order valence-corrected chi connectivity index (χ3v) is 3.52. The Hall–Kier alpha value is 0.700. The molecule has 0 aliphatic heterocycles. The van der Waals surface area contributed by atoms with E-state index in [0.29, 0.717) is 0 Å². The fourth-order valence-corrected chi connectivity index (χ4v) is 2.44. The van der Waals surface area contributed by atoms with Crippen LogP contribution in [0.1, 0.15) is 51.9 Å². The summed E-state index contributed by atoms with van der Waals surface area (Å²) in [5, 5.41) is 0. The highest BCUT2D eigenvalue weighted by Crippen LogP contribution is 2.10. The largest absolute Gasteiger partial charge is 0.162 e. The van der Waals surface area contributed by atoms with Crippen LogP contribution in [0, 0.1) is 0 Å². The van der Waals surface area contributed by atoms with Gasteiger partial charge in [-0.25, -0.2) is 0 Å². The summed E-state index contributed by atoms with van der Waals surface area (Å²) in [6.45, 7) is 2.26. The summed E-state index contributed by atoms with van der Waals surface area (Å²) < 4.78 is 0. The Morgan fingerprint density at radius 3 is 2.08 bits per heavy atom. The van der Waals surface area contributed by atoms with Gasteiger partial charge in [-0.2, -0.15) is 11.8 Å². The lowest BCUT2D eigenvalue weighted by Crippen LogP contribution is -1.85. The highest BCUT2D eigenvalue weighted by atomic mass is 32.2. The Bertz CT molecular complexity index is 74.2. The molecule has 0 atom stereocenters. The lowest BCUT2D eigenvalue weighted by Gasteiger charge is -2.00. The van der Waals surface area contributed by atoms with Gasteiger partial charge < -0.3 is 0 Å². The van der Waals surface area contributed by atoms with Crippen molar-refractivity contribution in [2.24, 2.45) is 0 Å². The highest BCUT2D eigenvalue weighted by Gasteiger charge is 1.91. The second kappa shape index (κ2) is 12.7. The molecule has 0 aliphatic carbocycles. The summed E-state index contributed by atoms with van der Waals surface area (Å²) in [5.74, 6) is 3.68. The zero-order valence-corrected chi connectivity index (χ0v) is 10.5. The lowest BCUT2D eigenvalue weighted by atomic mass is 10.2. The van der Waals surface area contributed by atoms with Crippen LogP contribution in [0.4, 0.5) is 0 Å². The van der Waals surface area contributed by atoms with Crippen molar-refractivity contribution < 1.29 is 0 Å². The quantitative estimate of drug-likeness (QED) is 0.481. The molecule has 0 fully saturated rings. The number of thioether (sulfide) groups is 1. The maximum atomic E-state index is 4.90. The minimum Gasteiger partial charge on any atom is -0.162 e. The monoisotopic (exact) mass is 219 g/mol. The van der Waals surface area contributed by atoms with Crippen LogP contribution in [0.25, 0.3) is 0 Å². The van der Waals surface area contributed by atoms with E-state index in [9.17, 15) is 0 Å². The molecule has 0 heterocycles. The summed E-state index contributed by atoms with van der Waals surface area (Å²) in [7, 11) is 0. The molecule has 0 aromatic carbocycles. The van der Waals surface area contributed by atoms with Crippen LogP contribution in [-0.2, 0) is 0 Å². The lowest BCUT2D eigenvalue weighted by molar-refractivity contribution is 0.711. The van der Waals surface area contributed by atoms with Crippen LogP contribution in [0.5, 0.6) is 0 Å². The van der Waals surface area contributed by atoms with Crippen molar-refractivity contribution in [3.63, 3.8) is 0 Å². The summed E-state index contributed by atoms with van der Waals surface area (Å²) in [6.07, 6.45) is 9.54. The minimum atomic E-state index is 0.948. The zero-order valence-electron chi connectivity index (χ0n) is 8.89. The second-order valence-electron chi connectivity index (χ2n) is 3.44. The van der Waals surface area contributed by atoms with E-state index in [-0.39, 0.29) is 0 Å². The van der Waals surface area contributed by atoms with Crippen LogP contribution >= 0.6 is 24.4 Å². The molecule has 0 rings (SSSR count). The molecular weight excluding hydrogens is 196 g/mol. The van der Waals surface area contributed by atoms with Crippen molar-refractivity contribution in [2.75, 3.05) is 17.3 Å². The molecule has 0 aliphatic rings. The fourth-order valence-electron chi connectivity index (χ4n) is 1.22. The van der Waals surface area contributed by atoms with Crippen LogP contribution in [0.3, 0.4) is 0 Å². The van der Waals surface area contributed by atoms with Crippen molar-refractivity contribution in [3.05, 3.63) is 0 Å². The topological polar surface area (TPSA) is 0 Å². The van der Waals surface area contributed by atoms with E-state index in [4.69, 9.17) is 12.6 Å². The number of hydrogen-bond acceptors (Lipinski definition) is 1. The van der Waals surface area contributed by atoms with Crippen LogP contribution in [0.15, 0.2) is 0 Å². The maximum absolute atomic E-state index is 4.90. The Kier molecular flexibility index (Phi) is 13.4. The highest BCUT2D eigenvalue weighted by molar-refractivity contribution is 7.99. The van der Waals surface area contributed by atoms with Crippen molar-refractivity contribution in [1.82, 2.24) is 0 Å². The molecule has 0 saturated heterocycles. The molecule has 0 unspecified atom stereocenters. The first-order valence-corrected chi connectivity index (χ1v) is 7.31. The summed E-state index contributed by atoms with van der Waals surface area (Å²) in [5.41, 5.74) is 0. The van der Waals surface area contributed by atoms with Gasteiger partial charge in [0.05, 0.1) is 0 Å². The molecule has 79 valence electrons. The average Bonchev–Trinajstić information content (AvgIpc) is 2.16. The Balaban J connectivity index is 2.76. The van der Waals surface area contributed by atoms with Crippen LogP contribution < -0.4 is 0 Å². The summed E-state index contributed by atoms with van der Waals surface area (Å²) in [4.78, 5) is 0. The van der Waals surface area contributed by atoms with Gasteiger partial charge in [-0.3, -0.25) is 0 Å². The Morgan fingerprint density at radius 2 is 1.46 bits per heavy atom. The molecular formula is C11H23S2. The predicted molar refractivity (Wildman–Crippen MR) is 67.8 cm³/mol. The third kappa shape index (κ3) is 12.7. The molecule has 0 nitrogen and oxygen atoms in total. The summed E-state index contributed by atoms with van der Waals surface area (Å²) in [6, 6.07) is 0. The van der Waals surface area contributed by atoms with Crippen molar-refractivity contribution in [2.45, 2.75) is 51.9 Å². The standard InChI is InChI=1S/C11H23S2/c1-2-3-7-10-13-11-8-5-4-6-9-12/h2-11H2,1H3. The smallest absolute Gasteiger partial charge is 0.00369 e. The van der Waals surface area contributed by atoms with Crippen molar-refractivity contribution >= 4 is 24.4 Å². The third-order valence-electron chi connectivity index (χ3n) is 2.08. The SMILES string of the molecule is CCCCCSCCCCCC[S]. The molecule has 0 N–H and O–H groups in total. The second-order valence-corrected chi connectivity index (χ2v) is 5.07. The molecule has 2 heteroatoms. The van der Waals surface area contributed by atoms with E-state index in [1.807, 2.05) is 0 Å². The first kappa shape index (κ1) is 13.7. The molecule has 0 aromatic heterocycles.